The van der Waals surface area contributed by atoms with Crippen molar-refractivity contribution in [1.82, 2.24) is 0 Å². The smallest absolute Gasteiger partial charge is 0.210 e. The summed E-state index contributed by atoms with van der Waals surface area (Å²) in [4.78, 5) is 16.8. The number of rotatable bonds is 7. The van der Waals surface area contributed by atoms with Crippen LogP contribution in [0.1, 0.15) is 24.2 Å². The molecule has 0 N–H and O–H groups in total. The monoisotopic (exact) mass is 247 g/mol. The van der Waals surface area contributed by atoms with Gasteiger partial charge in [-0.3, -0.25) is 4.79 Å². The summed E-state index contributed by atoms with van der Waals surface area (Å²) in [5.41, 5.74) is 0.888. The molecule has 1 rings (SSSR count). The van der Waals surface area contributed by atoms with Crippen molar-refractivity contribution in [2.24, 2.45) is 5.16 Å². The van der Waals surface area contributed by atoms with Crippen LogP contribution in [0.5, 0.6) is 5.75 Å². The normalized spacial score (nSPS) is 10.9. The number of carbonyl (C=O) groups excluding carboxylic acids is 1. The number of carbonyl (C=O) groups is 1. The van der Waals surface area contributed by atoms with E-state index in [0.717, 1.165) is 0 Å². The lowest BCUT2D eigenvalue weighted by molar-refractivity contribution is 0.105. The molecule has 0 radical (unpaired) electrons. The average Bonchev–Trinajstić information content (AvgIpc) is 2.42. The maximum absolute atomic E-state index is 11.9. The van der Waals surface area contributed by atoms with Gasteiger partial charge in [-0.25, -0.2) is 0 Å². The molecular weight excluding hydrogens is 230 g/mol. The Morgan fingerprint density at radius 1 is 1.39 bits per heavy atom. The van der Waals surface area contributed by atoms with Crippen LogP contribution in [-0.4, -0.2) is 24.7 Å². The Morgan fingerprint density at radius 3 is 2.61 bits per heavy atom. The highest BCUT2D eigenvalue weighted by molar-refractivity contribution is 6.45. The number of hydrogen-bond acceptors (Lipinski definition) is 4. The topological polar surface area (TPSA) is 47.9 Å². The number of ether oxygens (including phenoxy) is 1. The first-order chi connectivity index (χ1) is 8.69. The number of benzene rings is 1. The van der Waals surface area contributed by atoms with E-state index in [1.807, 2.05) is 6.92 Å². The third-order valence-electron chi connectivity index (χ3n) is 2.14. The van der Waals surface area contributed by atoms with Gasteiger partial charge in [-0.2, -0.15) is 0 Å². The molecule has 0 saturated heterocycles. The second kappa shape index (κ2) is 7.27. The van der Waals surface area contributed by atoms with E-state index < -0.39 is 0 Å². The van der Waals surface area contributed by atoms with Crippen LogP contribution in [0.25, 0.3) is 0 Å². The molecule has 4 heteroatoms. The highest BCUT2D eigenvalue weighted by atomic mass is 16.6. The second-order valence-corrected chi connectivity index (χ2v) is 3.55. The molecular formula is C14H17NO3. The fraction of sp³-hybridized carbons (Fsp3) is 0.286. The van der Waals surface area contributed by atoms with Gasteiger partial charge in [0.1, 0.15) is 24.7 Å². The van der Waals surface area contributed by atoms with E-state index in [1.165, 1.54) is 0 Å². The van der Waals surface area contributed by atoms with Gasteiger partial charge in [-0.15, -0.1) is 0 Å². The lowest BCUT2D eigenvalue weighted by Crippen LogP contribution is -2.11. The molecule has 0 fully saturated rings. The van der Waals surface area contributed by atoms with Gasteiger partial charge in [-0.1, -0.05) is 17.8 Å². The van der Waals surface area contributed by atoms with E-state index in [2.05, 4.69) is 11.7 Å². The molecule has 0 bridgehead atoms. The zero-order chi connectivity index (χ0) is 13.4. The Hall–Kier alpha value is -2.10. The molecule has 4 nitrogen and oxygen atoms in total. The van der Waals surface area contributed by atoms with Crippen LogP contribution in [0.2, 0.25) is 0 Å². The highest BCUT2D eigenvalue weighted by Crippen LogP contribution is 2.13. The molecule has 0 atom stereocenters. The first-order valence-corrected chi connectivity index (χ1v) is 5.74. The number of nitrogens with zero attached hydrogens (tertiary/aromatic N) is 1. The van der Waals surface area contributed by atoms with Gasteiger partial charge in [-0.05, 0) is 38.1 Å². The second-order valence-electron chi connectivity index (χ2n) is 3.55. The lowest BCUT2D eigenvalue weighted by atomic mass is 10.1. The molecule has 96 valence electrons. The first kappa shape index (κ1) is 14.0. The fourth-order valence-electron chi connectivity index (χ4n) is 1.27. The Morgan fingerprint density at radius 2 is 2.06 bits per heavy atom. The van der Waals surface area contributed by atoms with Gasteiger partial charge in [0, 0.05) is 5.56 Å². The number of Topliss-reactive ketones (excluding diaryl/α,β-unsaturated/α-hetero) is 1. The molecule has 0 saturated carbocycles. The van der Waals surface area contributed by atoms with Crippen molar-refractivity contribution in [1.29, 1.82) is 0 Å². The Bertz CT molecular complexity index is 435. The minimum atomic E-state index is -0.154. The Kier molecular flexibility index (Phi) is 5.64. The molecule has 18 heavy (non-hydrogen) atoms. The third kappa shape index (κ3) is 4.05. The quantitative estimate of drug-likeness (QED) is 0.322. The summed E-state index contributed by atoms with van der Waals surface area (Å²) in [6.45, 7) is 7.89. The zero-order valence-electron chi connectivity index (χ0n) is 10.7. The van der Waals surface area contributed by atoms with Crippen LogP contribution in [0.4, 0.5) is 0 Å². The average molecular weight is 247 g/mol. The molecule has 0 heterocycles. The van der Waals surface area contributed by atoms with Gasteiger partial charge in [0.15, 0.2) is 0 Å². The van der Waals surface area contributed by atoms with E-state index in [1.54, 1.807) is 37.3 Å². The summed E-state index contributed by atoms with van der Waals surface area (Å²) in [7, 11) is 0. The highest BCUT2D eigenvalue weighted by Gasteiger charge is 2.10. The molecule has 1 aromatic rings. The zero-order valence-corrected chi connectivity index (χ0v) is 10.7. The van der Waals surface area contributed by atoms with Crippen molar-refractivity contribution >= 4 is 11.5 Å². The summed E-state index contributed by atoms with van der Waals surface area (Å²) < 4.78 is 5.33. The summed E-state index contributed by atoms with van der Waals surface area (Å²) in [6, 6.07) is 6.88. The molecule has 0 unspecified atom stereocenters. The van der Waals surface area contributed by atoms with Crippen molar-refractivity contribution in [2.75, 3.05) is 13.2 Å². The SMILES string of the molecule is C=CCOc1ccc(C(=O)/C(C)=N/OCC)cc1. The van der Waals surface area contributed by atoms with Crippen molar-refractivity contribution in [3.8, 4) is 5.75 Å². The standard InChI is InChI=1S/C14H17NO3/c1-4-10-17-13-8-6-12(7-9-13)14(16)11(3)15-18-5-2/h4,6-9H,1,5,10H2,2-3H3/b15-11+. The van der Waals surface area contributed by atoms with Gasteiger partial charge in [0.25, 0.3) is 0 Å². The molecule has 0 aliphatic carbocycles. The van der Waals surface area contributed by atoms with Crippen molar-refractivity contribution in [2.45, 2.75) is 13.8 Å². The van der Waals surface area contributed by atoms with E-state index in [0.29, 0.717) is 30.2 Å². The predicted molar refractivity (Wildman–Crippen MR) is 71.2 cm³/mol. The number of oxime groups is 1. The van der Waals surface area contributed by atoms with Crippen LogP contribution in [0.15, 0.2) is 42.1 Å². The lowest BCUT2D eigenvalue weighted by Gasteiger charge is -2.04. The Balaban J connectivity index is 2.72. The minimum Gasteiger partial charge on any atom is -0.490 e. The van der Waals surface area contributed by atoms with Gasteiger partial charge >= 0.3 is 0 Å². The van der Waals surface area contributed by atoms with Gasteiger partial charge in [0.05, 0.1) is 0 Å². The van der Waals surface area contributed by atoms with Crippen LogP contribution < -0.4 is 4.74 Å². The summed E-state index contributed by atoms with van der Waals surface area (Å²) >= 11 is 0. The van der Waals surface area contributed by atoms with Crippen LogP contribution >= 0.6 is 0 Å². The van der Waals surface area contributed by atoms with E-state index >= 15 is 0 Å². The van der Waals surface area contributed by atoms with Crippen molar-refractivity contribution < 1.29 is 14.4 Å². The molecule has 1 aromatic carbocycles. The molecule has 0 aromatic heterocycles. The largest absolute Gasteiger partial charge is 0.490 e. The maximum atomic E-state index is 11.9. The fourth-order valence-corrected chi connectivity index (χ4v) is 1.27. The van der Waals surface area contributed by atoms with E-state index in [-0.39, 0.29) is 5.78 Å². The summed E-state index contributed by atoms with van der Waals surface area (Å²) in [5, 5.41) is 3.71. The molecule has 0 amide bonds. The number of hydrogen-bond donors (Lipinski definition) is 0. The number of ketones is 1. The first-order valence-electron chi connectivity index (χ1n) is 5.74. The molecule has 0 spiro atoms. The molecule has 0 aliphatic heterocycles. The third-order valence-corrected chi connectivity index (χ3v) is 2.14. The van der Waals surface area contributed by atoms with Gasteiger partial charge < -0.3 is 9.57 Å². The van der Waals surface area contributed by atoms with Crippen LogP contribution in [-0.2, 0) is 4.84 Å². The van der Waals surface area contributed by atoms with Crippen molar-refractivity contribution in [3.05, 3.63) is 42.5 Å². The summed E-state index contributed by atoms with van der Waals surface area (Å²) in [6.07, 6.45) is 1.66. The van der Waals surface area contributed by atoms with Crippen LogP contribution in [0, 0.1) is 0 Å². The molecule has 0 aliphatic rings. The summed E-state index contributed by atoms with van der Waals surface area (Å²) in [5.74, 6) is 0.546. The maximum Gasteiger partial charge on any atom is 0.210 e. The van der Waals surface area contributed by atoms with E-state index in [9.17, 15) is 4.79 Å². The predicted octanol–water partition coefficient (Wildman–Crippen LogP) is 2.85. The Labute approximate surface area is 107 Å². The minimum absolute atomic E-state index is 0.154. The van der Waals surface area contributed by atoms with E-state index in [4.69, 9.17) is 9.57 Å². The van der Waals surface area contributed by atoms with Crippen LogP contribution in [0.3, 0.4) is 0 Å². The van der Waals surface area contributed by atoms with Gasteiger partial charge in [0.2, 0.25) is 5.78 Å². The van der Waals surface area contributed by atoms with Crippen molar-refractivity contribution in [3.63, 3.8) is 0 Å².